The van der Waals surface area contributed by atoms with E-state index in [2.05, 4.69) is 15.2 Å². The van der Waals surface area contributed by atoms with Crippen molar-refractivity contribution in [3.8, 4) is 29.3 Å². The highest BCUT2D eigenvalue weighted by Crippen LogP contribution is 2.28. The van der Waals surface area contributed by atoms with Crippen LogP contribution in [0.5, 0.6) is 11.8 Å². The van der Waals surface area contributed by atoms with Gasteiger partial charge in [-0.05, 0) is 6.07 Å². The lowest BCUT2D eigenvalue weighted by Crippen LogP contribution is -1.94. The summed E-state index contributed by atoms with van der Waals surface area (Å²) in [5, 5.41) is 15.9. The Hall–Kier alpha value is -2.62. The molecule has 2 rings (SSSR count). The second-order valence-corrected chi connectivity index (χ2v) is 2.93. The van der Waals surface area contributed by atoms with Crippen LogP contribution < -0.4 is 9.47 Å². The van der Waals surface area contributed by atoms with Crippen LogP contribution in [0.2, 0.25) is 0 Å². The number of nitriles is 1. The lowest BCUT2D eigenvalue weighted by Gasteiger charge is -2.05. The van der Waals surface area contributed by atoms with Crippen molar-refractivity contribution in [3.05, 3.63) is 18.0 Å². The van der Waals surface area contributed by atoms with Crippen LogP contribution in [0.3, 0.4) is 0 Å². The third-order valence-corrected chi connectivity index (χ3v) is 1.99. The molecule has 0 N–H and O–H groups in total. The van der Waals surface area contributed by atoms with E-state index in [9.17, 15) is 0 Å². The van der Waals surface area contributed by atoms with E-state index in [-0.39, 0.29) is 17.7 Å². The largest absolute Gasteiger partial charge is 0.481 e. The minimum Gasteiger partial charge on any atom is -0.481 e. The second kappa shape index (κ2) is 4.49. The Morgan fingerprint density at radius 1 is 1.24 bits per heavy atom. The van der Waals surface area contributed by atoms with Gasteiger partial charge in [0.1, 0.15) is 5.56 Å². The zero-order valence-corrected chi connectivity index (χ0v) is 9.17. The monoisotopic (exact) mass is 232 g/mol. The number of hydrogen-bond donors (Lipinski definition) is 0. The minimum absolute atomic E-state index is 0.113. The van der Waals surface area contributed by atoms with Gasteiger partial charge in [0.15, 0.2) is 6.07 Å². The molecule has 2 aromatic rings. The number of nitrogens with zero attached hydrogens (tertiary/aromatic N) is 4. The predicted octanol–water partition coefficient (Wildman–Crippen LogP) is 1.02. The predicted molar refractivity (Wildman–Crippen MR) is 55.3 cm³/mol. The van der Waals surface area contributed by atoms with Crippen molar-refractivity contribution in [2.45, 2.75) is 0 Å². The number of methoxy groups -OCH3 is 2. The summed E-state index contributed by atoms with van der Waals surface area (Å²) in [6.45, 7) is 0. The van der Waals surface area contributed by atoms with Gasteiger partial charge >= 0.3 is 5.89 Å². The fraction of sp³-hybridized carbons (Fsp3) is 0.200. The molecule has 0 aliphatic carbocycles. The molecule has 0 aliphatic heterocycles. The van der Waals surface area contributed by atoms with E-state index in [1.165, 1.54) is 14.2 Å². The summed E-state index contributed by atoms with van der Waals surface area (Å²) in [7, 11) is 2.97. The van der Waals surface area contributed by atoms with Crippen molar-refractivity contribution in [3.63, 3.8) is 0 Å². The summed E-state index contributed by atoms with van der Waals surface area (Å²) in [5.41, 5.74) is 0.502. The van der Waals surface area contributed by atoms with Gasteiger partial charge in [-0.1, -0.05) is 5.10 Å². The van der Waals surface area contributed by atoms with Crippen LogP contribution >= 0.6 is 0 Å². The average molecular weight is 232 g/mol. The van der Waals surface area contributed by atoms with Gasteiger partial charge in [0.25, 0.3) is 5.89 Å². The first kappa shape index (κ1) is 10.9. The van der Waals surface area contributed by atoms with Gasteiger partial charge in [0.05, 0.1) is 14.2 Å². The van der Waals surface area contributed by atoms with Gasteiger partial charge in [-0.2, -0.15) is 10.2 Å². The maximum Gasteiger partial charge on any atom is 0.321 e. The molecule has 0 spiro atoms. The van der Waals surface area contributed by atoms with Crippen molar-refractivity contribution >= 4 is 0 Å². The maximum absolute atomic E-state index is 8.59. The molecule has 0 aromatic carbocycles. The molecule has 0 unspecified atom stereocenters. The van der Waals surface area contributed by atoms with E-state index in [0.29, 0.717) is 11.4 Å². The van der Waals surface area contributed by atoms with E-state index in [1.54, 1.807) is 18.2 Å². The highest BCUT2D eigenvalue weighted by Gasteiger charge is 2.15. The first-order valence-corrected chi connectivity index (χ1v) is 4.61. The Kier molecular flexibility index (Phi) is 2.87. The van der Waals surface area contributed by atoms with Crippen molar-refractivity contribution in [1.29, 1.82) is 5.26 Å². The highest BCUT2D eigenvalue weighted by atomic mass is 16.5. The van der Waals surface area contributed by atoms with Gasteiger partial charge < -0.3 is 13.9 Å². The molecule has 7 nitrogen and oxygen atoms in total. The first-order chi connectivity index (χ1) is 8.28. The Morgan fingerprint density at radius 2 is 2.06 bits per heavy atom. The van der Waals surface area contributed by atoms with Crippen LogP contribution in [0.4, 0.5) is 0 Å². The molecular formula is C10H8N4O3. The number of pyridine rings is 1. The Labute approximate surface area is 96.6 Å². The Bertz CT molecular complexity index is 573. The van der Waals surface area contributed by atoms with Gasteiger partial charge in [0.2, 0.25) is 11.8 Å². The van der Waals surface area contributed by atoms with Gasteiger partial charge in [0, 0.05) is 6.07 Å². The normalized spacial score (nSPS) is 9.71. The zero-order valence-electron chi connectivity index (χ0n) is 9.17. The number of rotatable bonds is 3. The summed E-state index contributed by atoms with van der Waals surface area (Å²) >= 11 is 0. The topological polar surface area (TPSA) is 94.1 Å². The van der Waals surface area contributed by atoms with E-state index >= 15 is 0 Å². The third kappa shape index (κ3) is 2.01. The molecule has 0 aliphatic rings. The third-order valence-electron chi connectivity index (χ3n) is 1.99. The molecule has 0 radical (unpaired) electrons. The molecule has 17 heavy (non-hydrogen) atoms. The van der Waals surface area contributed by atoms with Crippen LogP contribution in [0.15, 0.2) is 16.5 Å². The summed E-state index contributed by atoms with van der Waals surface area (Å²) < 4.78 is 15.1. The molecule has 0 amide bonds. The van der Waals surface area contributed by atoms with Crippen LogP contribution in [0.1, 0.15) is 5.89 Å². The Morgan fingerprint density at radius 3 is 2.65 bits per heavy atom. The van der Waals surface area contributed by atoms with E-state index < -0.39 is 0 Å². The van der Waals surface area contributed by atoms with Crippen molar-refractivity contribution in [2.75, 3.05) is 14.2 Å². The van der Waals surface area contributed by atoms with E-state index in [4.69, 9.17) is 19.2 Å². The molecule has 0 bridgehead atoms. The molecule has 2 aromatic heterocycles. The zero-order chi connectivity index (χ0) is 12.3. The van der Waals surface area contributed by atoms with Gasteiger partial charge in [-0.15, -0.1) is 5.10 Å². The molecule has 7 heteroatoms. The number of hydrogen-bond acceptors (Lipinski definition) is 7. The smallest absolute Gasteiger partial charge is 0.321 e. The standard InChI is InChI=1S/C10H8N4O3/c1-15-7-4-3-6(9(12-7)16-2)10-14-13-8(5-11)17-10/h3-4H,1-2H3. The van der Waals surface area contributed by atoms with Crippen LogP contribution in [-0.2, 0) is 0 Å². The maximum atomic E-state index is 8.59. The van der Waals surface area contributed by atoms with E-state index in [1.807, 2.05) is 0 Å². The van der Waals surface area contributed by atoms with Gasteiger partial charge in [-0.25, -0.2) is 0 Å². The second-order valence-electron chi connectivity index (χ2n) is 2.93. The van der Waals surface area contributed by atoms with Crippen molar-refractivity contribution in [1.82, 2.24) is 15.2 Å². The summed E-state index contributed by atoms with van der Waals surface area (Å²) in [6.07, 6.45) is 0. The lowest BCUT2D eigenvalue weighted by atomic mass is 10.2. The average Bonchev–Trinajstić information content (AvgIpc) is 2.86. The molecule has 0 fully saturated rings. The van der Waals surface area contributed by atoms with Crippen LogP contribution in [0.25, 0.3) is 11.5 Å². The molecular weight excluding hydrogens is 224 g/mol. The Balaban J connectivity index is 2.48. The molecule has 86 valence electrons. The van der Waals surface area contributed by atoms with Crippen LogP contribution in [0, 0.1) is 11.3 Å². The minimum atomic E-state index is -0.113. The van der Waals surface area contributed by atoms with Crippen LogP contribution in [-0.4, -0.2) is 29.4 Å². The fourth-order valence-electron chi connectivity index (χ4n) is 1.23. The fourth-order valence-corrected chi connectivity index (χ4v) is 1.23. The number of aromatic nitrogens is 3. The summed E-state index contributed by atoms with van der Waals surface area (Å²) in [4.78, 5) is 4.07. The quantitative estimate of drug-likeness (QED) is 0.779. The molecule has 2 heterocycles. The summed E-state index contributed by atoms with van der Waals surface area (Å²) in [5.74, 6) is 0.759. The number of ether oxygens (including phenoxy) is 2. The van der Waals surface area contributed by atoms with Gasteiger partial charge in [-0.3, -0.25) is 0 Å². The van der Waals surface area contributed by atoms with Crippen molar-refractivity contribution < 1.29 is 13.9 Å². The summed E-state index contributed by atoms with van der Waals surface area (Å²) in [6, 6.07) is 5.05. The lowest BCUT2D eigenvalue weighted by molar-refractivity contribution is 0.364. The first-order valence-electron chi connectivity index (χ1n) is 4.61. The van der Waals surface area contributed by atoms with Crippen molar-refractivity contribution in [2.24, 2.45) is 0 Å². The molecule has 0 saturated heterocycles. The molecule has 0 saturated carbocycles. The van der Waals surface area contributed by atoms with E-state index in [0.717, 1.165) is 0 Å². The molecule has 0 atom stereocenters. The SMILES string of the molecule is COc1ccc(-c2nnc(C#N)o2)c(OC)n1. The highest BCUT2D eigenvalue weighted by molar-refractivity contribution is 5.60.